The number of aromatic hydroxyl groups is 1. The molecule has 0 heterocycles. The van der Waals surface area contributed by atoms with Gasteiger partial charge in [-0.2, -0.15) is 13.2 Å². The lowest BCUT2D eigenvalue weighted by atomic mass is 10.0. The molecule has 0 saturated carbocycles. The van der Waals surface area contributed by atoms with E-state index < -0.39 is 17.6 Å². The van der Waals surface area contributed by atoms with Crippen LogP contribution in [0.4, 0.5) is 13.2 Å². The maximum Gasteiger partial charge on any atom is 0.416 e. The molecule has 0 aliphatic carbocycles. The van der Waals surface area contributed by atoms with Gasteiger partial charge in [0, 0.05) is 11.1 Å². The quantitative estimate of drug-likeness (QED) is 0.888. The Labute approximate surface area is 112 Å². The minimum Gasteiger partial charge on any atom is -0.507 e. The highest BCUT2D eigenvalue weighted by molar-refractivity contribution is 5.94. The Hall–Kier alpha value is -2.50. The van der Waals surface area contributed by atoms with Gasteiger partial charge < -0.3 is 10.8 Å². The Morgan fingerprint density at radius 3 is 2.35 bits per heavy atom. The van der Waals surface area contributed by atoms with Crippen molar-refractivity contribution in [2.24, 2.45) is 5.73 Å². The number of amides is 1. The normalized spacial score (nSPS) is 11.3. The SMILES string of the molecule is NC(=O)c1ccc(-c2cccc(C(F)(F)F)c2)c(O)c1. The third kappa shape index (κ3) is 2.74. The van der Waals surface area contributed by atoms with E-state index >= 15 is 0 Å². The van der Waals surface area contributed by atoms with Crippen LogP contribution in [0.5, 0.6) is 5.75 Å². The molecule has 0 saturated heterocycles. The molecule has 0 spiro atoms. The number of halogens is 3. The van der Waals surface area contributed by atoms with Crippen LogP contribution in [0.1, 0.15) is 15.9 Å². The molecular weight excluding hydrogens is 271 g/mol. The molecule has 6 heteroatoms. The molecule has 0 fully saturated rings. The summed E-state index contributed by atoms with van der Waals surface area (Å²) in [5, 5.41) is 9.80. The van der Waals surface area contributed by atoms with Crippen molar-refractivity contribution in [3.05, 3.63) is 53.6 Å². The zero-order valence-corrected chi connectivity index (χ0v) is 10.1. The highest BCUT2D eigenvalue weighted by atomic mass is 19.4. The summed E-state index contributed by atoms with van der Waals surface area (Å²) in [4.78, 5) is 10.9. The summed E-state index contributed by atoms with van der Waals surface area (Å²) >= 11 is 0. The number of benzene rings is 2. The first-order chi connectivity index (χ1) is 9.29. The summed E-state index contributed by atoms with van der Waals surface area (Å²) in [7, 11) is 0. The maximum absolute atomic E-state index is 12.6. The number of primary amides is 1. The second kappa shape index (κ2) is 4.88. The molecule has 0 aromatic heterocycles. The number of nitrogens with two attached hydrogens (primary N) is 1. The minimum absolute atomic E-state index is 0.0817. The highest BCUT2D eigenvalue weighted by Gasteiger charge is 2.30. The van der Waals surface area contributed by atoms with Gasteiger partial charge in [0.1, 0.15) is 5.75 Å². The molecule has 3 nitrogen and oxygen atoms in total. The zero-order chi connectivity index (χ0) is 14.9. The molecule has 104 valence electrons. The van der Waals surface area contributed by atoms with E-state index in [9.17, 15) is 23.1 Å². The van der Waals surface area contributed by atoms with Crippen LogP contribution >= 0.6 is 0 Å². The largest absolute Gasteiger partial charge is 0.507 e. The van der Waals surface area contributed by atoms with Crippen molar-refractivity contribution >= 4 is 5.91 Å². The average Bonchev–Trinajstić information content (AvgIpc) is 2.37. The summed E-state index contributed by atoms with van der Waals surface area (Å²) in [6, 6.07) is 8.38. The van der Waals surface area contributed by atoms with Gasteiger partial charge in [-0.15, -0.1) is 0 Å². The number of phenols is 1. The van der Waals surface area contributed by atoms with Crippen molar-refractivity contribution < 1.29 is 23.1 Å². The summed E-state index contributed by atoms with van der Waals surface area (Å²) in [5.41, 5.74) is 4.72. The van der Waals surface area contributed by atoms with Crippen LogP contribution in [0.15, 0.2) is 42.5 Å². The van der Waals surface area contributed by atoms with Crippen molar-refractivity contribution in [3.63, 3.8) is 0 Å². The van der Waals surface area contributed by atoms with Gasteiger partial charge in [0.2, 0.25) is 5.91 Å². The Morgan fingerprint density at radius 1 is 1.10 bits per heavy atom. The Bertz CT molecular complexity index is 666. The lowest BCUT2D eigenvalue weighted by Gasteiger charge is -2.10. The van der Waals surface area contributed by atoms with Crippen LogP contribution in [0.25, 0.3) is 11.1 Å². The molecule has 3 N–H and O–H groups in total. The van der Waals surface area contributed by atoms with Gasteiger partial charge in [-0.1, -0.05) is 12.1 Å². The summed E-state index contributed by atoms with van der Waals surface area (Å²) in [6.07, 6.45) is -4.46. The molecule has 20 heavy (non-hydrogen) atoms. The van der Waals surface area contributed by atoms with Crippen molar-refractivity contribution in [2.45, 2.75) is 6.18 Å². The maximum atomic E-state index is 12.6. The van der Waals surface area contributed by atoms with Gasteiger partial charge in [0.15, 0.2) is 0 Å². The van der Waals surface area contributed by atoms with Crippen molar-refractivity contribution in [1.82, 2.24) is 0 Å². The summed E-state index contributed by atoms with van der Waals surface area (Å²) < 4.78 is 37.9. The lowest BCUT2D eigenvalue weighted by molar-refractivity contribution is -0.137. The average molecular weight is 281 g/mol. The predicted molar refractivity (Wildman–Crippen MR) is 67.1 cm³/mol. The second-order valence-corrected chi connectivity index (χ2v) is 4.17. The van der Waals surface area contributed by atoms with E-state index in [1.165, 1.54) is 24.3 Å². The fourth-order valence-corrected chi connectivity index (χ4v) is 1.79. The predicted octanol–water partition coefficient (Wildman–Crippen LogP) is 3.18. The first-order valence-electron chi connectivity index (χ1n) is 5.59. The van der Waals surface area contributed by atoms with E-state index in [1.54, 1.807) is 0 Å². The molecule has 0 radical (unpaired) electrons. The fourth-order valence-electron chi connectivity index (χ4n) is 1.79. The molecule has 0 bridgehead atoms. The van der Waals surface area contributed by atoms with Gasteiger partial charge in [-0.05, 0) is 35.9 Å². The summed E-state index contributed by atoms with van der Waals surface area (Å²) in [5.74, 6) is -1.03. The first kappa shape index (κ1) is 13.9. The Balaban J connectivity index is 2.49. The molecule has 0 unspecified atom stereocenters. The van der Waals surface area contributed by atoms with E-state index in [1.807, 2.05) is 0 Å². The molecule has 2 aromatic rings. The molecule has 2 aromatic carbocycles. The number of phenolic OH excluding ortho intramolecular Hbond substituents is 1. The zero-order valence-electron chi connectivity index (χ0n) is 10.1. The van der Waals surface area contributed by atoms with Gasteiger partial charge in [0.05, 0.1) is 5.56 Å². The number of hydrogen-bond donors (Lipinski definition) is 2. The standard InChI is InChI=1S/C14H10F3NO2/c15-14(16,17)10-3-1-2-8(6-10)11-5-4-9(13(18)20)7-12(11)19/h1-7,19H,(H2,18,20). The fraction of sp³-hybridized carbons (Fsp3) is 0.0714. The number of hydrogen-bond acceptors (Lipinski definition) is 2. The van der Waals surface area contributed by atoms with E-state index in [2.05, 4.69) is 0 Å². The van der Waals surface area contributed by atoms with Crippen LogP contribution < -0.4 is 5.73 Å². The van der Waals surface area contributed by atoms with Crippen LogP contribution in [0, 0.1) is 0 Å². The van der Waals surface area contributed by atoms with Gasteiger partial charge in [0.25, 0.3) is 0 Å². The van der Waals surface area contributed by atoms with Crippen molar-refractivity contribution in [3.8, 4) is 16.9 Å². The van der Waals surface area contributed by atoms with E-state index in [4.69, 9.17) is 5.73 Å². The molecule has 0 atom stereocenters. The van der Waals surface area contributed by atoms with Gasteiger partial charge in [-0.3, -0.25) is 4.79 Å². The van der Waals surface area contributed by atoms with E-state index in [0.717, 1.165) is 18.2 Å². The van der Waals surface area contributed by atoms with Crippen LogP contribution in [0.3, 0.4) is 0 Å². The summed E-state index contributed by atoms with van der Waals surface area (Å²) in [6.45, 7) is 0. The van der Waals surface area contributed by atoms with E-state index in [-0.39, 0.29) is 22.4 Å². The smallest absolute Gasteiger partial charge is 0.416 e. The van der Waals surface area contributed by atoms with Crippen LogP contribution in [0.2, 0.25) is 0 Å². The third-order valence-electron chi connectivity index (χ3n) is 2.78. The third-order valence-corrected chi connectivity index (χ3v) is 2.78. The lowest BCUT2D eigenvalue weighted by Crippen LogP contribution is -2.10. The Kier molecular flexibility index (Phi) is 3.40. The van der Waals surface area contributed by atoms with Gasteiger partial charge >= 0.3 is 6.18 Å². The van der Waals surface area contributed by atoms with Crippen molar-refractivity contribution in [2.75, 3.05) is 0 Å². The highest BCUT2D eigenvalue weighted by Crippen LogP contribution is 2.35. The van der Waals surface area contributed by atoms with Crippen LogP contribution in [-0.4, -0.2) is 11.0 Å². The molecule has 2 rings (SSSR count). The topological polar surface area (TPSA) is 63.3 Å². The van der Waals surface area contributed by atoms with E-state index in [0.29, 0.717) is 0 Å². The van der Waals surface area contributed by atoms with Crippen LogP contribution in [-0.2, 0) is 6.18 Å². The Morgan fingerprint density at radius 2 is 1.80 bits per heavy atom. The van der Waals surface area contributed by atoms with Crippen molar-refractivity contribution in [1.29, 1.82) is 0 Å². The molecular formula is C14H10F3NO2. The number of alkyl halides is 3. The molecule has 1 amide bonds. The first-order valence-corrected chi connectivity index (χ1v) is 5.59. The molecule has 0 aliphatic rings. The number of rotatable bonds is 2. The minimum atomic E-state index is -4.46. The molecule has 0 aliphatic heterocycles. The monoisotopic (exact) mass is 281 g/mol. The number of carbonyl (C=O) groups excluding carboxylic acids is 1. The number of carbonyl (C=O) groups is 1. The second-order valence-electron chi connectivity index (χ2n) is 4.17. The van der Waals surface area contributed by atoms with Gasteiger partial charge in [-0.25, -0.2) is 0 Å².